The summed E-state index contributed by atoms with van der Waals surface area (Å²) in [5.41, 5.74) is 0.586. The summed E-state index contributed by atoms with van der Waals surface area (Å²) >= 11 is 3.14. The molecule has 1 aromatic carbocycles. The van der Waals surface area contributed by atoms with Gasteiger partial charge in [0.1, 0.15) is 11.6 Å². The molecule has 1 amide bonds. The quantitative estimate of drug-likeness (QED) is 0.558. The van der Waals surface area contributed by atoms with E-state index in [9.17, 15) is 4.79 Å². The molecular formula is C20H27N3O3S2. The number of thioether (sulfide) groups is 2. The number of hydrogen-bond donors (Lipinski definition) is 1. The SMILES string of the molecule is CSCC[C@H](NC(=O)OC(C)(C)C)c1nnc(SC/C=C/c2ccccc2)o1. The Bertz CT molecular complexity index is 758. The Morgan fingerprint density at radius 1 is 1.29 bits per heavy atom. The van der Waals surface area contributed by atoms with Crippen molar-refractivity contribution >= 4 is 35.7 Å². The molecule has 2 aromatic rings. The van der Waals surface area contributed by atoms with E-state index in [1.54, 1.807) is 11.8 Å². The van der Waals surface area contributed by atoms with Crippen molar-refractivity contribution in [3.63, 3.8) is 0 Å². The van der Waals surface area contributed by atoms with Gasteiger partial charge in [0.15, 0.2) is 0 Å². The zero-order chi connectivity index (χ0) is 20.4. The third kappa shape index (κ3) is 8.39. The molecule has 1 atom stereocenters. The third-order valence-electron chi connectivity index (χ3n) is 3.43. The fraction of sp³-hybridized carbons (Fsp3) is 0.450. The first kappa shape index (κ1) is 22.4. The van der Waals surface area contributed by atoms with Crippen molar-refractivity contribution in [1.82, 2.24) is 15.5 Å². The number of benzene rings is 1. The van der Waals surface area contributed by atoms with Gasteiger partial charge in [-0.1, -0.05) is 54.2 Å². The summed E-state index contributed by atoms with van der Waals surface area (Å²) in [7, 11) is 0. The summed E-state index contributed by atoms with van der Waals surface area (Å²) in [4.78, 5) is 12.1. The number of aromatic nitrogens is 2. The van der Waals surface area contributed by atoms with E-state index in [-0.39, 0.29) is 6.04 Å². The summed E-state index contributed by atoms with van der Waals surface area (Å²) in [5, 5.41) is 11.5. The highest BCUT2D eigenvalue weighted by Gasteiger charge is 2.24. The van der Waals surface area contributed by atoms with Crippen molar-refractivity contribution in [1.29, 1.82) is 0 Å². The Morgan fingerprint density at radius 3 is 2.71 bits per heavy atom. The molecular weight excluding hydrogens is 394 g/mol. The van der Waals surface area contributed by atoms with Crippen LogP contribution in [0.5, 0.6) is 0 Å². The maximum absolute atomic E-state index is 12.1. The van der Waals surface area contributed by atoms with Gasteiger partial charge in [0.05, 0.1) is 0 Å². The number of carbonyl (C=O) groups is 1. The second kappa shape index (κ2) is 11.2. The average molecular weight is 422 g/mol. The van der Waals surface area contributed by atoms with Crippen molar-refractivity contribution in [3.8, 4) is 0 Å². The van der Waals surface area contributed by atoms with Crippen molar-refractivity contribution in [2.45, 2.75) is 44.1 Å². The van der Waals surface area contributed by atoms with Gasteiger partial charge in [-0.25, -0.2) is 4.79 Å². The summed E-state index contributed by atoms with van der Waals surface area (Å²) in [5.74, 6) is 1.96. The molecule has 0 radical (unpaired) electrons. The van der Waals surface area contributed by atoms with Crippen LogP contribution >= 0.6 is 23.5 Å². The maximum Gasteiger partial charge on any atom is 0.408 e. The van der Waals surface area contributed by atoms with Gasteiger partial charge in [0.2, 0.25) is 5.89 Å². The minimum Gasteiger partial charge on any atom is -0.444 e. The molecule has 152 valence electrons. The number of nitrogens with zero attached hydrogens (tertiary/aromatic N) is 2. The van der Waals surface area contributed by atoms with E-state index in [2.05, 4.69) is 21.6 Å². The lowest BCUT2D eigenvalue weighted by molar-refractivity contribution is 0.0493. The Labute approximate surface area is 174 Å². The number of alkyl carbamates (subject to hydrolysis) is 1. The van der Waals surface area contributed by atoms with Gasteiger partial charge in [-0.05, 0) is 44.8 Å². The monoisotopic (exact) mass is 421 g/mol. The molecule has 0 aliphatic heterocycles. The molecule has 0 saturated carbocycles. The van der Waals surface area contributed by atoms with E-state index in [1.807, 2.05) is 63.4 Å². The average Bonchev–Trinajstić information content (AvgIpc) is 3.10. The van der Waals surface area contributed by atoms with Gasteiger partial charge in [-0.2, -0.15) is 11.8 Å². The maximum atomic E-state index is 12.1. The van der Waals surface area contributed by atoms with Gasteiger partial charge < -0.3 is 14.5 Å². The van der Waals surface area contributed by atoms with Gasteiger partial charge in [-0.3, -0.25) is 0 Å². The van der Waals surface area contributed by atoms with Crippen molar-refractivity contribution in [2.75, 3.05) is 17.8 Å². The molecule has 0 saturated heterocycles. The van der Waals surface area contributed by atoms with Gasteiger partial charge in [-0.15, -0.1) is 10.2 Å². The van der Waals surface area contributed by atoms with E-state index in [0.29, 0.717) is 23.3 Å². The Kier molecular flexibility index (Phi) is 8.92. The molecule has 0 fully saturated rings. The van der Waals surface area contributed by atoms with Crippen LogP contribution in [0.3, 0.4) is 0 Å². The highest BCUT2D eigenvalue weighted by Crippen LogP contribution is 2.23. The predicted molar refractivity (Wildman–Crippen MR) is 116 cm³/mol. The zero-order valence-corrected chi connectivity index (χ0v) is 18.3. The molecule has 0 unspecified atom stereocenters. The van der Waals surface area contributed by atoms with Gasteiger partial charge >= 0.3 is 6.09 Å². The lowest BCUT2D eigenvalue weighted by Gasteiger charge is -2.22. The van der Waals surface area contributed by atoms with Crippen LogP contribution in [0, 0.1) is 0 Å². The molecule has 1 N–H and O–H groups in total. The van der Waals surface area contributed by atoms with Crippen molar-refractivity contribution < 1.29 is 13.9 Å². The number of ether oxygens (including phenoxy) is 1. The first-order chi connectivity index (χ1) is 13.4. The minimum atomic E-state index is -0.560. The number of rotatable bonds is 9. The van der Waals surface area contributed by atoms with E-state index in [1.165, 1.54) is 11.8 Å². The fourth-order valence-electron chi connectivity index (χ4n) is 2.23. The molecule has 0 aliphatic carbocycles. The minimum absolute atomic E-state index is 0.371. The summed E-state index contributed by atoms with van der Waals surface area (Å²) < 4.78 is 11.1. The van der Waals surface area contributed by atoms with Gasteiger partial charge in [0.25, 0.3) is 5.22 Å². The lowest BCUT2D eigenvalue weighted by Crippen LogP contribution is -2.35. The number of hydrogen-bond acceptors (Lipinski definition) is 7. The van der Waals surface area contributed by atoms with Crippen molar-refractivity contribution in [3.05, 3.63) is 47.9 Å². The molecule has 1 heterocycles. The smallest absolute Gasteiger partial charge is 0.408 e. The topological polar surface area (TPSA) is 77.2 Å². The number of carbonyl (C=O) groups excluding carboxylic acids is 1. The highest BCUT2D eigenvalue weighted by atomic mass is 32.2. The van der Waals surface area contributed by atoms with Crippen LogP contribution in [0.4, 0.5) is 4.79 Å². The molecule has 28 heavy (non-hydrogen) atoms. The standard InChI is InChI=1S/C20H27N3O3S2/c1-20(2,3)26-18(24)21-16(12-14-27-4)17-22-23-19(25-17)28-13-8-11-15-9-6-5-7-10-15/h5-11,16H,12-14H2,1-4H3,(H,21,24)/b11-8+/t16-/m0/s1. The van der Waals surface area contributed by atoms with E-state index in [0.717, 1.165) is 11.3 Å². The van der Waals surface area contributed by atoms with Crippen LogP contribution in [-0.4, -0.2) is 39.7 Å². The second-order valence-electron chi connectivity index (χ2n) is 7.01. The number of nitrogens with one attached hydrogen (secondary N) is 1. The van der Waals surface area contributed by atoms with Crippen LogP contribution in [0.15, 0.2) is 46.0 Å². The molecule has 0 bridgehead atoms. The molecule has 0 aliphatic rings. The Hall–Kier alpha value is -1.93. The normalized spacial score (nSPS) is 12.9. The molecule has 1 aromatic heterocycles. The number of amides is 1. The predicted octanol–water partition coefficient (Wildman–Crippen LogP) is 5.19. The van der Waals surface area contributed by atoms with E-state index in [4.69, 9.17) is 9.15 Å². The summed E-state index contributed by atoms with van der Waals surface area (Å²) in [6.07, 6.45) is 6.31. The van der Waals surface area contributed by atoms with Crippen molar-refractivity contribution in [2.24, 2.45) is 0 Å². The van der Waals surface area contributed by atoms with E-state index >= 15 is 0 Å². The third-order valence-corrected chi connectivity index (χ3v) is 4.85. The highest BCUT2D eigenvalue weighted by molar-refractivity contribution is 7.99. The largest absolute Gasteiger partial charge is 0.444 e. The summed E-state index contributed by atoms with van der Waals surface area (Å²) in [6.45, 7) is 5.48. The van der Waals surface area contributed by atoms with Crippen LogP contribution in [0.25, 0.3) is 6.08 Å². The van der Waals surface area contributed by atoms with E-state index < -0.39 is 11.7 Å². The Balaban J connectivity index is 1.92. The molecule has 8 heteroatoms. The van der Waals surface area contributed by atoms with Crippen LogP contribution in [-0.2, 0) is 4.74 Å². The first-order valence-corrected chi connectivity index (χ1v) is 11.4. The van der Waals surface area contributed by atoms with Gasteiger partial charge in [0, 0.05) is 5.75 Å². The first-order valence-electron chi connectivity index (χ1n) is 9.03. The molecule has 0 spiro atoms. The summed E-state index contributed by atoms with van der Waals surface area (Å²) in [6, 6.07) is 9.72. The van der Waals surface area contributed by atoms with Crippen LogP contribution in [0.2, 0.25) is 0 Å². The zero-order valence-electron chi connectivity index (χ0n) is 16.7. The lowest BCUT2D eigenvalue weighted by atomic mass is 10.2. The Morgan fingerprint density at radius 2 is 2.04 bits per heavy atom. The second-order valence-corrected chi connectivity index (χ2v) is 8.97. The van der Waals surface area contributed by atoms with Crippen LogP contribution in [0.1, 0.15) is 44.7 Å². The fourth-order valence-corrected chi connectivity index (χ4v) is 3.28. The molecule has 6 nitrogen and oxygen atoms in total. The molecule has 2 rings (SSSR count). The van der Waals surface area contributed by atoms with Crippen LogP contribution < -0.4 is 5.32 Å².